The number of carboxylic acid groups (broad SMARTS) is 1. The number of carbonyl (C=O) groups is 1. The lowest BCUT2D eigenvalue weighted by Gasteiger charge is -2.37. The van der Waals surface area contributed by atoms with Crippen LogP contribution >= 0.6 is 15.9 Å². The molecule has 110 valence electrons. The molecule has 2 atom stereocenters. The highest BCUT2D eigenvalue weighted by molar-refractivity contribution is 9.10. The zero-order chi connectivity index (χ0) is 14.9. The van der Waals surface area contributed by atoms with Crippen LogP contribution < -0.4 is 4.90 Å². The highest BCUT2D eigenvalue weighted by Crippen LogP contribution is 2.32. The molecule has 2 unspecified atom stereocenters. The molecule has 0 radical (unpaired) electrons. The van der Waals surface area contributed by atoms with Crippen LogP contribution in [-0.2, 0) is 4.74 Å². The first kappa shape index (κ1) is 15.3. The van der Waals surface area contributed by atoms with E-state index in [-0.39, 0.29) is 16.1 Å². The number of anilines is 1. The van der Waals surface area contributed by atoms with E-state index in [0.717, 1.165) is 13.0 Å². The van der Waals surface area contributed by atoms with Crippen LogP contribution in [0.4, 0.5) is 10.1 Å². The molecule has 1 heterocycles. The largest absolute Gasteiger partial charge is 0.478 e. The molecule has 4 nitrogen and oxygen atoms in total. The van der Waals surface area contributed by atoms with Gasteiger partial charge in [-0.15, -0.1) is 0 Å². The van der Waals surface area contributed by atoms with E-state index < -0.39 is 11.8 Å². The molecule has 0 aromatic heterocycles. The summed E-state index contributed by atoms with van der Waals surface area (Å²) in [6, 6.07) is 2.94. The maximum Gasteiger partial charge on any atom is 0.336 e. The summed E-state index contributed by atoms with van der Waals surface area (Å²) in [5, 5.41) is 8.98. The first-order valence-corrected chi connectivity index (χ1v) is 7.24. The number of carboxylic acids is 1. The van der Waals surface area contributed by atoms with Crippen molar-refractivity contribution in [3.8, 4) is 0 Å². The zero-order valence-corrected chi connectivity index (χ0v) is 13.0. The molecular weight excluding hydrogens is 329 g/mol. The molecule has 1 aliphatic rings. The van der Waals surface area contributed by atoms with Crippen LogP contribution in [0.5, 0.6) is 0 Å². The molecule has 0 aliphatic carbocycles. The van der Waals surface area contributed by atoms with E-state index in [1.807, 2.05) is 4.90 Å². The van der Waals surface area contributed by atoms with Gasteiger partial charge in [0.05, 0.1) is 21.8 Å². The van der Waals surface area contributed by atoms with E-state index in [1.54, 1.807) is 7.11 Å². The zero-order valence-electron chi connectivity index (χ0n) is 11.4. The van der Waals surface area contributed by atoms with Gasteiger partial charge in [-0.25, -0.2) is 9.18 Å². The molecule has 1 N–H and O–H groups in total. The minimum absolute atomic E-state index is 0.00455. The average molecular weight is 346 g/mol. The Bertz CT molecular complexity index is 523. The normalized spacial score (nSPS) is 22.9. The Balaban J connectivity index is 2.30. The van der Waals surface area contributed by atoms with Crippen LogP contribution in [0, 0.1) is 11.7 Å². The Morgan fingerprint density at radius 3 is 2.85 bits per heavy atom. The highest BCUT2D eigenvalue weighted by atomic mass is 79.9. The summed E-state index contributed by atoms with van der Waals surface area (Å²) in [6.45, 7) is 3.45. The molecule has 6 heteroatoms. The van der Waals surface area contributed by atoms with Crippen LogP contribution in [0.3, 0.4) is 0 Å². The SMILES string of the molecule is COC1CN(c2ccc(C(=O)O)c(Br)c2F)CCC1C. The number of hydrogen-bond donors (Lipinski definition) is 1. The van der Waals surface area contributed by atoms with Gasteiger partial charge >= 0.3 is 5.97 Å². The van der Waals surface area contributed by atoms with Gasteiger partial charge in [-0.3, -0.25) is 0 Å². The summed E-state index contributed by atoms with van der Waals surface area (Å²) in [7, 11) is 1.66. The van der Waals surface area contributed by atoms with Crippen molar-refractivity contribution in [2.75, 3.05) is 25.1 Å². The molecule has 0 amide bonds. The van der Waals surface area contributed by atoms with E-state index >= 15 is 0 Å². The van der Waals surface area contributed by atoms with Gasteiger partial charge in [-0.2, -0.15) is 0 Å². The Labute approximate surface area is 125 Å². The average Bonchev–Trinajstić information content (AvgIpc) is 2.42. The van der Waals surface area contributed by atoms with Crippen molar-refractivity contribution in [2.45, 2.75) is 19.4 Å². The third kappa shape index (κ3) is 2.81. The molecule has 1 saturated heterocycles. The molecule has 1 aromatic carbocycles. The van der Waals surface area contributed by atoms with Crippen LogP contribution in [0.15, 0.2) is 16.6 Å². The minimum Gasteiger partial charge on any atom is -0.478 e. The quantitative estimate of drug-likeness (QED) is 0.914. The third-order valence-corrected chi connectivity index (χ3v) is 4.60. The molecule has 0 bridgehead atoms. The lowest BCUT2D eigenvalue weighted by atomic mass is 9.95. The minimum atomic E-state index is -1.15. The second kappa shape index (κ2) is 6.10. The van der Waals surface area contributed by atoms with Gasteiger partial charge in [0.25, 0.3) is 0 Å². The topological polar surface area (TPSA) is 49.8 Å². The molecular formula is C14H17BrFNO3. The predicted molar refractivity (Wildman–Crippen MR) is 77.9 cm³/mol. The summed E-state index contributed by atoms with van der Waals surface area (Å²) < 4.78 is 19.8. The Morgan fingerprint density at radius 2 is 2.25 bits per heavy atom. The van der Waals surface area contributed by atoms with Gasteiger partial charge in [0, 0.05) is 20.2 Å². The summed E-state index contributed by atoms with van der Waals surface area (Å²) >= 11 is 3.03. The van der Waals surface area contributed by atoms with Crippen LogP contribution in [0.2, 0.25) is 0 Å². The van der Waals surface area contributed by atoms with Crippen LogP contribution in [-0.4, -0.2) is 37.4 Å². The molecule has 1 aromatic rings. The van der Waals surface area contributed by atoms with Gasteiger partial charge in [-0.1, -0.05) is 6.92 Å². The van der Waals surface area contributed by atoms with Gasteiger partial charge in [-0.05, 0) is 40.4 Å². The number of rotatable bonds is 3. The number of benzene rings is 1. The van der Waals surface area contributed by atoms with Crippen molar-refractivity contribution < 1.29 is 19.0 Å². The lowest BCUT2D eigenvalue weighted by Crippen LogP contribution is -2.44. The molecule has 20 heavy (non-hydrogen) atoms. The molecule has 2 rings (SSSR count). The number of piperidine rings is 1. The predicted octanol–water partition coefficient (Wildman–Crippen LogP) is 3.15. The van der Waals surface area contributed by atoms with Crippen molar-refractivity contribution >= 4 is 27.6 Å². The smallest absolute Gasteiger partial charge is 0.336 e. The monoisotopic (exact) mass is 345 g/mol. The highest BCUT2D eigenvalue weighted by Gasteiger charge is 2.28. The standard InChI is InChI=1S/C14H17BrFNO3/c1-8-5-6-17(7-11(8)20-2)10-4-3-9(14(18)19)12(15)13(10)16/h3-4,8,11H,5-7H2,1-2H3,(H,18,19). The van der Waals surface area contributed by atoms with E-state index in [0.29, 0.717) is 18.2 Å². The Kier molecular flexibility index (Phi) is 4.65. The maximum atomic E-state index is 14.3. The fraction of sp³-hybridized carbons (Fsp3) is 0.500. The second-order valence-electron chi connectivity index (χ2n) is 5.05. The fourth-order valence-corrected chi connectivity index (χ4v) is 3.01. The molecule has 0 spiro atoms. The Hall–Kier alpha value is -1.14. The van der Waals surface area contributed by atoms with Crippen molar-refractivity contribution in [2.24, 2.45) is 5.92 Å². The molecule has 0 saturated carbocycles. The van der Waals surface area contributed by atoms with Gasteiger partial charge < -0.3 is 14.7 Å². The van der Waals surface area contributed by atoms with Gasteiger partial charge in [0.2, 0.25) is 0 Å². The van der Waals surface area contributed by atoms with E-state index in [4.69, 9.17) is 9.84 Å². The summed E-state index contributed by atoms with van der Waals surface area (Å²) in [6.07, 6.45) is 0.969. The number of methoxy groups -OCH3 is 1. The molecule has 1 fully saturated rings. The number of nitrogens with zero attached hydrogens (tertiary/aromatic N) is 1. The van der Waals surface area contributed by atoms with Gasteiger partial charge in [0.1, 0.15) is 0 Å². The van der Waals surface area contributed by atoms with E-state index in [2.05, 4.69) is 22.9 Å². The van der Waals surface area contributed by atoms with Crippen molar-refractivity contribution in [3.63, 3.8) is 0 Å². The Morgan fingerprint density at radius 1 is 1.55 bits per heavy atom. The van der Waals surface area contributed by atoms with Crippen LogP contribution in [0.25, 0.3) is 0 Å². The second-order valence-corrected chi connectivity index (χ2v) is 5.84. The maximum absolute atomic E-state index is 14.3. The first-order chi connectivity index (χ1) is 9.45. The van der Waals surface area contributed by atoms with Crippen LogP contribution in [0.1, 0.15) is 23.7 Å². The van der Waals surface area contributed by atoms with Gasteiger partial charge in [0.15, 0.2) is 5.82 Å². The van der Waals surface area contributed by atoms with E-state index in [1.165, 1.54) is 12.1 Å². The third-order valence-electron chi connectivity index (χ3n) is 3.83. The first-order valence-electron chi connectivity index (χ1n) is 6.44. The fourth-order valence-electron chi connectivity index (χ4n) is 2.51. The summed E-state index contributed by atoms with van der Waals surface area (Å²) in [5.74, 6) is -1.25. The van der Waals surface area contributed by atoms with Crippen molar-refractivity contribution in [1.29, 1.82) is 0 Å². The van der Waals surface area contributed by atoms with Crippen molar-refractivity contribution in [3.05, 3.63) is 28.0 Å². The summed E-state index contributed by atoms with van der Waals surface area (Å²) in [5.41, 5.74) is 0.343. The number of ether oxygens (including phenoxy) is 1. The van der Waals surface area contributed by atoms with E-state index in [9.17, 15) is 9.18 Å². The number of halogens is 2. The number of hydrogen-bond acceptors (Lipinski definition) is 3. The summed E-state index contributed by atoms with van der Waals surface area (Å²) in [4.78, 5) is 12.9. The van der Waals surface area contributed by atoms with Crippen molar-refractivity contribution in [1.82, 2.24) is 0 Å². The number of aromatic carboxylic acids is 1. The lowest BCUT2D eigenvalue weighted by molar-refractivity contribution is 0.0496. The molecule has 1 aliphatic heterocycles.